The van der Waals surface area contributed by atoms with Gasteiger partial charge in [-0.3, -0.25) is 23.8 Å². The van der Waals surface area contributed by atoms with Gasteiger partial charge in [0.2, 0.25) is 0 Å². The Balaban J connectivity index is 1.75. The van der Waals surface area contributed by atoms with E-state index in [2.05, 4.69) is 23.6 Å². The van der Waals surface area contributed by atoms with Gasteiger partial charge in [0, 0.05) is 45.5 Å². The predicted molar refractivity (Wildman–Crippen MR) is 141 cm³/mol. The number of rotatable bonds is 7. The van der Waals surface area contributed by atoms with Crippen molar-refractivity contribution in [3.05, 3.63) is 44.7 Å². The molecule has 182 valence electrons. The van der Waals surface area contributed by atoms with Crippen molar-refractivity contribution in [1.82, 2.24) is 19.2 Å². The summed E-state index contributed by atoms with van der Waals surface area (Å²) in [6, 6.07) is 3.76. The summed E-state index contributed by atoms with van der Waals surface area (Å²) >= 11 is 6.72. The highest BCUT2D eigenvalue weighted by Crippen LogP contribution is 2.34. The maximum absolute atomic E-state index is 13.6. The van der Waals surface area contributed by atoms with Crippen molar-refractivity contribution in [3.8, 4) is 0 Å². The number of anilines is 1. The highest BCUT2D eigenvalue weighted by atomic mass is 32.2. The van der Waals surface area contributed by atoms with Gasteiger partial charge in [0.25, 0.3) is 11.5 Å². The van der Waals surface area contributed by atoms with Gasteiger partial charge in [-0.15, -0.1) is 0 Å². The molecule has 1 amide bonds. The van der Waals surface area contributed by atoms with Gasteiger partial charge in [0.15, 0.2) is 0 Å². The average molecular weight is 502 g/mol. The van der Waals surface area contributed by atoms with Gasteiger partial charge in [-0.2, -0.15) is 0 Å². The summed E-state index contributed by atoms with van der Waals surface area (Å²) in [6.07, 6.45) is 4.25. The molecule has 0 atom stereocenters. The Morgan fingerprint density at radius 2 is 1.94 bits per heavy atom. The van der Waals surface area contributed by atoms with E-state index in [1.807, 2.05) is 19.1 Å². The van der Waals surface area contributed by atoms with Crippen LogP contribution in [0.3, 0.4) is 0 Å². The lowest BCUT2D eigenvalue weighted by Crippen LogP contribution is -2.48. The number of carbonyl (C=O) groups excluding carboxylic acids is 1. The first-order chi connectivity index (χ1) is 16.3. The van der Waals surface area contributed by atoms with Crippen molar-refractivity contribution in [2.75, 3.05) is 50.8 Å². The SMILES string of the molecule is Cc1cccn2c(=O)c(/C=C3\SC(=S)N(CCC(C)C)C3=O)c(N3CCN(CCO)CC3)nc12. The Bertz CT molecular complexity index is 1190. The Labute approximate surface area is 209 Å². The first-order valence-electron chi connectivity index (χ1n) is 11.7. The average Bonchev–Trinajstić information content (AvgIpc) is 3.07. The summed E-state index contributed by atoms with van der Waals surface area (Å²) in [5, 5.41) is 9.26. The third-order valence-electron chi connectivity index (χ3n) is 6.23. The van der Waals surface area contributed by atoms with Gasteiger partial charge >= 0.3 is 0 Å². The van der Waals surface area contributed by atoms with Crippen LogP contribution in [0, 0.1) is 12.8 Å². The minimum absolute atomic E-state index is 0.124. The van der Waals surface area contributed by atoms with Crippen LogP contribution < -0.4 is 10.5 Å². The van der Waals surface area contributed by atoms with E-state index in [4.69, 9.17) is 17.2 Å². The molecule has 2 aromatic heterocycles. The highest BCUT2D eigenvalue weighted by Gasteiger charge is 2.33. The lowest BCUT2D eigenvalue weighted by molar-refractivity contribution is -0.122. The van der Waals surface area contributed by atoms with Crippen LogP contribution in [0.5, 0.6) is 0 Å². The van der Waals surface area contributed by atoms with E-state index >= 15 is 0 Å². The van der Waals surface area contributed by atoms with Gasteiger partial charge in [0.1, 0.15) is 15.8 Å². The molecule has 1 N–H and O–H groups in total. The molecule has 2 saturated heterocycles. The van der Waals surface area contributed by atoms with Crippen LogP contribution in [0.25, 0.3) is 11.7 Å². The minimum atomic E-state index is -0.200. The Morgan fingerprint density at radius 1 is 1.21 bits per heavy atom. The molecular formula is C24H31N5O3S2. The van der Waals surface area contributed by atoms with Crippen LogP contribution in [0.15, 0.2) is 28.0 Å². The van der Waals surface area contributed by atoms with Crippen LogP contribution in [0.4, 0.5) is 5.82 Å². The first kappa shape index (κ1) is 24.8. The number of carbonyl (C=O) groups is 1. The van der Waals surface area contributed by atoms with Gasteiger partial charge in [-0.1, -0.05) is 43.9 Å². The molecule has 0 aliphatic carbocycles. The number of aryl methyl sites for hydroxylation is 1. The number of nitrogens with zero attached hydrogens (tertiary/aromatic N) is 5. The zero-order valence-electron chi connectivity index (χ0n) is 19.9. The Hall–Kier alpha value is -2.27. The van der Waals surface area contributed by atoms with Crippen LogP contribution in [-0.2, 0) is 4.79 Å². The van der Waals surface area contributed by atoms with E-state index in [9.17, 15) is 14.7 Å². The van der Waals surface area contributed by atoms with E-state index in [1.54, 1.807) is 21.6 Å². The second-order valence-electron chi connectivity index (χ2n) is 9.11. The summed E-state index contributed by atoms with van der Waals surface area (Å²) in [6.45, 7) is 10.4. The summed E-state index contributed by atoms with van der Waals surface area (Å²) in [7, 11) is 0. The van der Waals surface area contributed by atoms with E-state index in [1.165, 1.54) is 11.8 Å². The zero-order valence-corrected chi connectivity index (χ0v) is 21.5. The number of thioether (sulfide) groups is 1. The Kier molecular flexibility index (Phi) is 7.71. The quantitative estimate of drug-likeness (QED) is 0.458. The molecule has 2 aliphatic rings. The molecule has 0 unspecified atom stereocenters. The number of hydrogen-bond acceptors (Lipinski definition) is 8. The standard InChI is InChI=1S/C24H31N5O3S2/c1-16(2)6-8-29-23(32)19(34-24(29)33)15-18-21(27-11-9-26(10-12-27)13-14-30)25-20-17(3)5-4-7-28(20)22(18)31/h4-5,7,15-16,30H,6,8-14H2,1-3H3/b19-15-. The topological polar surface area (TPSA) is 81.4 Å². The molecule has 8 nitrogen and oxygen atoms in total. The van der Waals surface area contributed by atoms with Gasteiger partial charge in [-0.05, 0) is 37.0 Å². The molecule has 34 heavy (non-hydrogen) atoms. The fourth-order valence-corrected chi connectivity index (χ4v) is 5.49. The number of β-amino-alcohol motifs (C(OH)–C–C–N with tert-alkyl or cyclic N) is 1. The molecule has 0 radical (unpaired) electrons. The minimum Gasteiger partial charge on any atom is -0.395 e. The van der Waals surface area contributed by atoms with Crippen molar-refractivity contribution in [2.24, 2.45) is 5.92 Å². The molecule has 4 heterocycles. The Morgan fingerprint density at radius 3 is 2.62 bits per heavy atom. The number of thiocarbonyl (C=S) groups is 1. The lowest BCUT2D eigenvalue weighted by Gasteiger charge is -2.35. The normalized spacial score (nSPS) is 18.8. The highest BCUT2D eigenvalue weighted by molar-refractivity contribution is 8.26. The third-order valence-corrected chi connectivity index (χ3v) is 7.61. The predicted octanol–water partition coefficient (Wildman–Crippen LogP) is 2.36. The zero-order chi connectivity index (χ0) is 24.4. The van der Waals surface area contributed by atoms with Crippen LogP contribution in [0.2, 0.25) is 0 Å². The van der Waals surface area contributed by atoms with E-state index in [-0.39, 0.29) is 18.1 Å². The van der Waals surface area contributed by atoms with Crippen molar-refractivity contribution in [2.45, 2.75) is 27.2 Å². The molecule has 2 aliphatic heterocycles. The van der Waals surface area contributed by atoms with Gasteiger partial charge < -0.3 is 10.0 Å². The summed E-state index contributed by atoms with van der Waals surface area (Å²) in [5.41, 5.74) is 1.73. The van der Waals surface area contributed by atoms with Crippen molar-refractivity contribution >= 4 is 51.7 Å². The molecule has 4 rings (SSSR count). The van der Waals surface area contributed by atoms with Crippen LogP contribution in [-0.4, -0.2) is 80.4 Å². The van der Waals surface area contributed by atoms with Crippen LogP contribution in [0.1, 0.15) is 31.4 Å². The fraction of sp³-hybridized carbons (Fsp3) is 0.500. The molecule has 0 saturated carbocycles. The van der Waals surface area contributed by atoms with Crippen molar-refractivity contribution < 1.29 is 9.90 Å². The molecule has 2 fully saturated rings. The van der Waals surface area contributed by atoms with Gasteiger partial charge in [0.05, 0.1) is 17.1 Å². The second-order valence-corrected chi connectivity index (χ2v) is 10.8. The summed E-state index contributed by atoms with van der Waals surface area (Å²) in [5.74, 6) is 0.904. The number of amides is 1. The molecule has 2 aromatic rings. The van der Waals surface area contributed by atoms with E-state index in [0.717, 1.165) is 25.1 Å². The summed E-state index contributed by atoms with van der Waals surface area (Å²) < 4.78 is 2.08. The molecular weight excluding hydrogens is 470 g/mol. The van der Waals surface area contributed by atoms with E-state index in [0.29, 0.717) is 58.4 Å². The number of pyridine rings is 1. The third kappa shape index (κ3) is 5.05. The maximum atomic E-state index is 13.6. The number of aliphatic hydroxyl groups is 1. The molecule has 0 bridgehead atoms. The summed E-state index contributed by atoms with van der Waals surface area (Å²) in [4.78, 5) is 38.1. The molecule has 10 heteroatoms. The van der Waals surface area contributed by atoms with E-state index < -0.39 is 0 Å². The van der Waals surface area contributed by atoms with Crippen molar-refractivity contribution in [3.63, 3.8) is 0 Å². The second kappa shape index (κ2) is 10.6. The van der Waals surface area contributed by atoms with Crippen molar-refractivity contribution in [1.29, 1.82) is 0 Å². The van der Waals surface area contributed by atoms with Gasteiger partial charge in [-0.25, -0.2) is 4.98 Å². The number of hydrogen-bond donors (Lipinski definition) is 1. The molecule has 0 spiro atoms. The smallest absolute Gasteiger partial charge is 0.267 e. The largest absolute Gasteiger partial charge is 0.395 e. The number of aliphatic hydroxyl groups excluding tert-OH is 1. The lowest BCUT2D eigenvalue weighted by atomic mass is 10.1. The first-order valence-corrected chi connectivity index (χ1v) is 12.9. The monoisotopic (exact) mass is 501 g/mol. The fourth-order valence-electron chi connectivity index (χ4n) is 4.20. The molecule has 0 aromatic carbocycles. The maximum Gasteiger partial charge on any atom is 0.267 e. The number of fused-ring (bicyclic) bond motifs is 1. The number of piperazine rings is 1. The number of aromatic nitrogens is 2. The van der Waals surface area contributed by atoms with Crippen LogP contribution >= 0.6 is 24.0 Å².